The van der Waals surface area contributed by atoms with Gasteiger partial charge in [0, 0.05) is 102 Å². The largest absolute Gasteiger partial charge is 0.504 e. The number of pyridine rings is 1. The maximum Gasteiger partial charge on any atom is 0.407 e. The Hall–Kier alpha value is -8.16. The first-order valence-electron chi connectivity index (χ1n) is 37.2. The maximum atomic E-state index is 13.2. The lowest BCUT2D eigenvalue weighted by Crippen LogP contribution is -2.48. The molecule has 0 saturated heterocycles. The molecular weight excluding hydrogens is 1710 g/mol. The number of fused-ring (bicyclic) bond motifs is 3. The van der Waals surface area contributed by atoms with Crippen LogP contribution < -0.4 is 55.2 Å². The van der Waals surface area contributed by atoms with Crippen molar-refractivity contribution in [3.8, 4) is 46.0 Å². The molecule has 0 radical (unpaired) electrons. The minimum Gasteiger partial charge on any atom is -0.504 e. The van der Waals surface area contributed by atoms with E-state index in [1.807, 2.05) is 117 Å². The molecule has 112 heavy (non-hydrogen) atoms. The lowest BCUT2D eigenvalue weighted by molar-refractivity contribution is -0.122. The number of benzene rings is 4. The molecule has 3 fully saturated rings. The summed E-state index contributed by atoms with van der Waals surface area (Å²) in [5, 5.41) is 39.9. The molecule has 614 valence electrons. The van der Waals surface area contributed by atoms with Crippen LogP contribution in [-0.2, 0) is 30.2 Å². The third-order valence-electron chi connectivity index (χ3n) is 20.4. The van der Waals surface area contributed by atoms with Gasteiger partial charge in [-0.15, -0.1) is 0 Å². The van der Waals surface area contributed by atoms with Crippen LogP contribution in [0.2, 0.25) is 0 Å². The summed E-state index contributed by atoms with van der Waals surface area (Å²) < 4.78 is 65.3. The second-order valence-corrected chi connectivity index (χ2v) is 35.9. The van der Waals surface area contributed by atoms with E-state index in [4.69, 9.17) is 47.4 Å². The van der Waals surface area contributed by atoms with Gasteiger partial charge in [-0.25, -0.2) is 28.8 Å². The van der Waals surface area contributed by atoms with Gasteiger partial charge >= 0.3 is 36.2 Å². The number of carboxylic acids is 1. The summed E-state index contributed by atoms with van der Waals surface area (Å²) in [5.41, 5.74) is 3.86. The Kier molecular flexibility index (Phi) is 28.5. The molecule has 3 unspecified atom stereocenters. The van der Waals surface area contributed by atoms with Crippen molar-refractivity contribution >= 4 is 106 Å². The highest BCUT2D eigenvalue weighted by Crippen LogP contribution is 2.55. The molecule has 31 heteroatoms. The average molecular weight is 1820 g/mol. The van der Waals surface area contributed by atoms with Crippen molar-refractivity contribution in [2.24, 2.45) is 17.8 Å². The molecule has 3 saturated carbocycles. The van der Waals surface area contributed by atoms with Crippen LogP contribution in [0.25, 0.3) is 0 Å². The number of hydrogen-bond acceptors (Lipinski definition) is 21. The molecule has 3 aliphatic carbocycles. The second-order valence-electron chi connectivity index (χ2n) is 32.5. The van der Waals surface area contributed by atoms with E-state index >= 15 is 0 Å². The number of methoxy groups -OCH3 is 2. The number of aromatic nitrogens is 1. The Labute approximate surface area is 686 Å². The van der Waals surface area contributed by atoms with Gasteiger partial charge < -0.3 is 93.7 Å². The maximum absolute atomic E-state index is 13.2. The number of halogens is 4. The number of H-pyrrole nitrogens is 1. The molecule has 3 atom stereocenters. The van der Waals surface area contributed by atoms with Crippen LogP contribution in [0.3, 0.4) is 0 Å². The monoisotopic (exact) mass is 1820 g/mol. The second kappa shape index (κ2) is 35.7. The fourth-order valence-electron chi connectivity index (χ4n) is 14.4. The van der Waals surface area contributed by atoms with Crippen LogP contribution in [0.5, 0.6) is 46.0 Å². The van der Waals surface area contributed by atoms with E-state index in [0.29, 0.717) is 81.3 Å². The highest BCUT2D eigenvalue weighted by Gasteiger charge is 2.51. The SMILES string of the molecule is COC(=O)c1cc(Br)c(O)c(O)c1C.COC(=O)c1cc(Br)c2c(c1C)OC(C)(C1CCC(NC(=O)OC(C)(C)C)CC1)O2.Cc1c(C(=O)O)cc(Br)c2c1OC(C)(C1CCC(NC(=O)OC(C)(C)C)CC1)O2.Cc1cc(C)c(CNC(=O)c2cc(Br)c3c(c2C)OC(C)(C2CCC(NC(=O)OC(C)(C)C)CC2)O3)c(=O)[nH]1. The summed E-state index contributed by atoms with van der Waals surface area (Å²) in [6, 6.07) is 8.43. The van der Waals surface area contributed by atoms with Crippen LogP contribution in [0.1, 0.15) is 241 Å². The molecule has 0 spiro atoms. The predicted octanol–water partition coefficient (Wildman–Crippen LogP) is 17.7. The molecule has 3 aliphatic heterocycles. The van der Waals surface area contributed by atoms with Gasteiger partial charge in [0.2, 0.25) is 0 Å². The summed E-state index contributed by atoms with van der Waals surface area (Å²) in [7, 11) is 2.60. The van der Waals surface area contributed by atoms with Crippen LogP contribution in [0.4, 0.5) is 14.4 Å². The highest BCUT2D eigenvalue weighted by molar-refractivity contribution is 9.11. The van der Waals surface area contributed by atoms with Crippen molar-refractivity contribution < 1.29 is 101 Å². The minimum atomic E-state index is -1.00. The molecule has 27 nitrogen and oxygen atoms in total. The number of alkyl carbamates (subject to hydrolysis) is 3. The Balaban J connectivity index is 0.000000196. The van der Waals surface area contributed by atoms with Crippen molar-refractivity contribution in [2.45, 2.75) is 261 Å². The van der Waals surface area contributed by atoms with Gasteiger partial charge in [0.15, 0.2) is 46.0 Å². The van der Waals surface area contributed by atoms with Gasteiger partial charge in [-0.1, -0.05) is 0 Å². The summed E-state index contributed by atoms with van der Waals surface area (Å²) in [6.45, 7) is 33.1. The van der Waals surface area contributed by atoms with Crippen LogP contribution in [0, 0.1) is 59.3 Å². The zero-order chi connectivity index (χ0) is 83.4. The third-order valence-corrected chi connectivity index (χ3v) is 22.8. The first-order valence-corrected chi connectivity index (χ1v) is 40.4. The van der Waals surface area contributed by atoms with Crippen molar-refractivity contribution in [3.05, 3.63) is 120 Å². The van der Waals surface area contributed by atoms with Crippen LogP contribution in [0.15, 0.2) is 53.0 Å². The number of rotatable bonds is 12. The number of hydrogen-bond donors (Lipinski definition) is 8. The number of amides is 4. The number of carbonyl (C=O) groups is 7. The summed E-state index contributed by atoms with van der Waals surface area (Å²) in [6.07, 6.45) is 8.53. The standard InChI is InChI=1S/C29H38BrN3O6.C22H30BrNO6.C21H28BrNO6.C9H9BrO4/c1-15-12-16(2)32-26(35)21(15)14-31-25(34)20-13-22(30)24-23(17(20)3)37-29(7,38-24)18-8-10-19(11-9-18)33-27(36)39-28(4,5)6;1-12-15(19(25)27-6)11-16(23)18-17(12)28-22(5,29-18)13-7-9-14(10-8-13)24-20(26)30-21(2,3)4;1-11-14(18(24)25)10-15(22)17-16(11)27-21(5,28-17)12-6-8-13(9-7-12)23-19(26)29-20(2,3)4;1-4-5(9(13)14-2)3-6(10)8(12)7(4)11/h12-13,18-19H,8-11,14H2,1-7H3,(H,31,34)(H,32,35)(H,33,36);11,13-14H,7-10H2,1-6H3,(H,24,26);10,12-13H,6-9H2,1-5H3,(H,23,26)(H,24,25);3,11-12H,1-2H3. The minimum absolute atomic E-state index is 0.0386. The molecule has 4 aromatic carbocycles. The Morgan fingerprint density at radius 1 is 0.455 bits per heavy atom. The van der Waals surface area contributed by atoms with Gasteiger partial charge in [-0.05, 0) is 281 Å². The van der Waals surface area contributed by atoms with E-state index in [-0.39, 0.29) is 92.6 Å². The predicted molar refractivity (Wildman–Crippen MR) is 431 cm³/mol. The van der Waals surface area contributed by atoms with E-state index in [1.54, 1.807) is 25.1 Å². The number of carboxylic acid groups (broad SMARTS) is 1. The van der Waals surface area contributed by atoms with E-state index in [9.17, 15) is 53.7 Å². The van der Waals surface area contributed by atoms with Gasteiger partial charge in [-0.2, -0.15) is 0 Å². The number of aromatic carboxylic acids is 1. The number of phenols is 2. The third kappa shape index (κ3) is 21.8. The summed E-state index contributed by atoms with van der Waals surface area (Å²) in [4.78, 5) is 99.3. The summed E-state index contributed by atoms with van der Waals surface area (Å²) >= 11 is 13.5. The number of ether oxygens (including phenoxy) is 11. The van der Waals surface area contributed by atoms with E-state index in [1.165, 1.54) is 27.2 Å². The topological polar surface area (TPSA) is 363 Å². The Morgan fingerprint density at radius 2 is 0.759 bits per heavy atom. The van der Waals surface area contributed by atoms with E-state index < -0.39 is 64.3 Å². The van der Waals surface area contributed by atoms with E-state index in [0.717, 1.165) is 88.3 Å². The number of nitrogens with one attached hydrogen (secondary N) is 5. The molecule has 1 aromatic heterocycles. The molecule has 6 aliphatic rings. The van der Waals surface area contributed by atoms with Crippen LogP contribution >= 0.6 is 63.7 Å². The van der Waals surface area contributed by atoms with Crippen molar-refractivity contribution in [2.75, 3.05) is 14.2 Å². The molecule has 5 aromatic rings. The Morgan fingerprint density at radius 3 is 1.09 bits per heavy atom. The van der Waals surface area contributed by atoms with Gasteiger partial charge in [0.1, 0.15) is 16.8 Å². The number of phenolic OH excluding ortho intramolecular Hbond substituents is 2. The van der Waals surface area contributed by atoms with Gasteiger partial charge in [0.25, 0.3) is 28.8 Å². The summed E-state index contributed by atoms with van der Waals surface area (Å²) in [5.74, 6) is -1.80. The van der Waals surface area contributed by atoms with E-state index in [2.05, 4.69) is 94.7 Å². The molecule has 11 rings (SSSR count). The molecule has 4 heterocycles. The average Bonchev–Trinajstić information content (AvgIpc) is 1.61. The normalized spacial score (nSPS) is 22.6. The molecule has 8 N–H and O–H groups in total. The fourth-order valence-corrected chi connectivity index (χ4v) is 16.3. The number of esters is 2. The zero-order valence-electron chi connectivity index (χ0n) is 67.2. The van der Waals surface area contributed by atoms with Crippen LogP contribution in [-0.4, -0.2) is 129 Å². The van der Waals surface area contributed by atoms with Crippen molar-refractivity contribution in [1.82, 2.24) is 26.3 Å². The van der Waals surface area contributed by atoms with Crippen molar-refractivity contribution in [1.29, 1.82) is 0 Å². The molecular formula is C81H105Br4N5O22. The van der Waals surface area contributed by atoms with Gasteiger partial charge in [0.05, 0.1) is 48.8 Å². The number of carbonyl (C=O) groups excluding carboxylic acids is 6. The first-order chi connectivity index (χ1) is 52.0. The first kappa shape index (κ1) is 89.4. The number of aromatic hydroxyl groups is 2. The lowest BCUT2D eigenvalue weighted by atomic mass is 9.81. The smallest absolute Gasteiger partial charge is 0.407 e. The van der Waals surface area contributed by atoms with Crippen molar-refractivity contribution in [3.63, 3.8) is 0 Å². The fraction of sp³-hybridized carbons (Fsp3) is 0.556. The molecule has 4 amide bonds. The molecule has 0 bridgehead atoms. The number of aryl methyl sites for hydroxylation is 2. The quantitative estimate of drug-likeness (QED) is 0.0327. The number of aromatic amines is 1. The lowest BCUT2D eigenvalue weighted by Gasteiger charge is -2.37. The highest BCUT2D eigenvalue weighted by atomic mass is 79.9. The van der Waals surface area contributed by atoms with Gasteiger partial charge in [-0.3, -0.25) is 9.59 Å². The zero-order valence-corrected chi connectivity index (χ0v) is 73.5. The Bertz CT molecular complexity index is 4470.